The molecule has 86 valence electrons. The molecule has 0 amide bonds. The fraction of sp³-hybridized carbons (Fsp3) is 0.417. The van der Waals surface area contributed by atoms with Gasteiger partial charge in [0.25, 0.3) is 0 Å². The molecule has 3 nitrogen and oxygen atoms in total. The van der Waals surface area contributed by atoms with Gasteiger partial charge in [0.05, 0.1) is 5.41 Å². The quantitative estimate of drug-likeness (QED) is 0.850. The van der Waals surface area contributed by atoms with Crippen molar-refractivity contribution in [1.82, 2.24) is 0 Å². The molecular weight excluding hydrogens is 209 g/mol. The summed E-state index contributed by atoms with van der Waals surface area (Å²) in [6, 6.07) is 6.08. The molecule has 0 atom stereocenters. The minimum absolute atomic E-state index is 0.281. The van der Waals surface area contributed by atoms with Crippen LogP contribution in [-0.4, -0.2) is 24.7 Å². The molecule has 0 bridgehead atoms. The van der Waals surface area contributed by atoms with Crippen LogP contribution in [0.1, 0.15) is 12.8 Å². The lowest BCUT2D eigenvalue weighted by Crippen LogP contribution is -2.31. The van der Waals surface area contributed by atoms with Crippen LogP contribution in [0.3, 0.4) is 0 Å². The number of anilines is 1. The summed E-state index contributed by atoms with van der Waals surface area (Å²) >= 11 is 0. The van der Waals surface area contributed by atoms with E-state index in [2.05, 4.69) is 0 Å². The molecule has 1 aromatic rings. The Balaban J connectivity index is 2.06. The molecule has 0 saturated heterocycles. The summed E-state index contributed by atoms with van der Waals surface area (Å²) in [5.74, 6) is -1.02. The summed E-state index contributed by atoms with van der Waals surface area (Å²) in [7, 11) is 1.83. The number of halogens is 1. The van der Waals surface area contributed by atoms with E-state index >= 15 is 0 Å². The molecule has 4 heteroatoms. The first kappa shape index (κ1) is 10.9. The van der Waals surface area contributed by atoms with E-state index in [1.165, 1.54) is 12.1 Å². The summed E-state index contributed by atoms with van der Waals surface area (Å²) < 4.78 is 12.7. The van der Waals surface area contributed by atoms with Crippen molar-refractivity contribution in [3.8, 4) is 0 Å². The third kappa shape index (κ3) is 2.01. The van der Waals surface area contributed by atoms with Crippen LogP contribution >= 0.6 is 0 Å². The van der Waals surface area contributed by atoms with Crippen LogP contribution in [-0.2, 0) is 4.79 Å². The van der Waals surface area contributed by atoms with E-state index in [1.807, 2.05) is 11.9 Å². The van der Waals surface area contributed by atoms with E-state index in [4.69, 9.17) is 5.11 Å². The van der Waals surface area contributed by atoms with Crippen molar-refractivity contribution in [1.29, 1.82) is 0 Å². The number of aliphatic carboxylic acids is 1. The van der Waals surface area contributed by atoms with Gasteiger partial charge in [0.2, 0.25) is 0 Å². The highest BCUT2D eigenvalue weighted by molar-refractivity contribution is 5.78. The third-order valence-electron chi connectivity index (χ3n) is 3.11. The third-order valence-corrected chi connectivity index (χ3v) is 3.11. The fourth-order valence-corrected chi connectivity index (χ4v) is 1.83. The highest BCUT2D eigenvalue weighted by Crippen LogP contribution is 2.46. The van der Waals surface area contributed by atoms with Gasteiger partial charge in [-0.3, -0.25) is 4.79 Å². The summed E-state index contributed by atoms with van der Waals surface area (Å²) in [6.45, 7) is 0.480. The van der Waals surface area contributed by atoms with Gasteiger partial charge in [-0.25, -0.2) is 4.39 Å². The Morgan fingerprint density at radius 2 is 2.00 bits per heavy atom. The van der Waals surface area contributed by atoms with Crippen molar-refractivity contribution in [3.63, 3.8) is 0 Å². The monoisotopic (exact) mass is 223 g/mol. The maximum atomic E-state index is 12.7. The summed E-state index contributed by atoms with van der Waals surface area (Å²) in [4.78, 5) is 12.9. The molecule has 1 fully saturated rings. The van der Waals surface area contributed by atoms with Crippen molar-refractivity contribution >= 4 is 11.7 Å². The zero-order chi connectivity index (χ0) is 11.8. The van der Waals surface area contributed by atoms with Gasteiger partial charge in [-0.15, -0.1) is 0 Å². The predicted octanol–water partition coefficient (Wildman–Crippen LogP) is 2.13. The van der Waals surface area contributed by atoms with Crippen molar-refractivity contribution in [3.05, 3.63) is 30.1 Å². The first-order valence-corrected chi connectivity index (χ1v) is 5.24. The Kier molecular flexibility index (Phi) is 2.58. The van der Waals surface area contributed by atoms with Crippen molar-refractivity contribution in [2.24, 2.45) is 5.41 Å². The molecule has 1 aliphatic rings. The second-order valence-electron chi connectivity index (χ2n) is 4.42. The van der Waals surface area contributed by atoms with Gasteiger partial charge in [0.15, 0.2) is 0 Å². The van der Waals surface area contributed by atoms with Crippen LogP contribution in [0.4, 0.5) is 10.1 Å². The number of benzene rings is 1. The van der Waals surface area contributed by atoms with Crippen LogP contribution in [0.2, 0.25) is 0 Å². The number of nitrogens with zero attached hydrogens (tertiary/aromatic N) is 1. The minimum Gasteiger partial charge on any atom is -0.481 e. The number of carboxylic acids is 1. The van der Waals surface area contributed by atoms with E-state index in [0.717, 1.165) is 18.5 Å². The van der Waals surface area contributed by atoms with E-state index in [0.29, 0.717) is 6.54 Å². The van der Waals surface area contributed by atoms with Crippen LogP contribution in [0.5, 0.6) is 0 Å². The largest absolute Gasteiger partial charge is 0.481 e. The maximum absolute atomic E-state index is 12.7. The lowest BCUT2D eigenvalue weighted by Gasteiger charge is -2.23. The number of hydrogen-bond donors (Lipinski definition) is 1. The zero-order valence-electron chi connectivity index (χ0n) is 9.11. The van der Waals surface area contributed by atoms with Gasteiger partial charge in [-0.1, -0.05) is 0 Å². The SMILES string of the molecule is CN(CC1(C(=O)O)CC1)c1ccc(F)cc1. The maximum Gasteiger partial charge on any atom is 0.311 e. The molecule has 1 aliphatic carbocycles. The molecule has 2 rings (SSSR count). The lowest BCUT2D eigenvalue weighted by atomic mass is 10.1. The van der Waals surface area contributed by atoms with Crippen LogP contribution < -0.4 is 4.90 Å². The van der Waals surface area contributed by atoms with Gasteiger partial charge < -0.3 is 10.0 Å². The molecule has 1 N–H and O–H groups in total. The summed E-state index contributed by atoms with van der Waals surface area (Å²) in [6.07, 6.45) is 1.46. The number of carbonyl (C=O) groups is 1. The van der Waals surface area contributed by atoms with E-state index in [-0.39, 0.29) is 5.82 Å². The normalized spacial score (nSPS) is 16.9. The fourth-order valence-electron chi connectivity index (χ4n) is 1.83. The molecule has 0 heterocycles. The Morgan fingerprint density at radius 1 is 1.44 bits per heavy atom. The number of rotatable bonds is 4. The van der Waals surface area contributed by atoms with Crippen LogP contribution in [0.25, 0.3) is 0 Å². The van der Waals surface area contributed by atoms with Gasteiger partial charge in [-0.2, -0.15) is 0 Å². The van der Waals surface area contributed by atoms with Gasteiger partial charge in [-0.05, 0) is 37.1 Å². The second kappa shape index (κ2) is 3.77. The molecule has 1 saturated carbocycles. The minimum atomic E-state index is -0.735. The lowest BCUT2D eigenvalue weighted by molar-refractivity contribution is -0.142. The molecule has 1 aromatic carbocycles. The smallest absolute Gasteiger partial charge is 0.311 e. The van der Waals surface area contributed by atoms with E-state index in [9.17, 15) is 9.18 Å². The van der Waals surface area contributed by atoms with Crippen molar-refractivity contribution in [2.75, 3.05) is 18.5 Å². The number of carboxylic acid groups (broad SMARTS) is 1. The Labute approximate surface area is 93.5 Å². The van der Waals surface area contributed by atoms with Crippen LogP contribution in [0, 0.1) is 11.2 Å². The average molecular weight is 223 g/mol. The molecule has 0 aromatic heterocycles. The van der Waals surface area contributed by atoms with Gasteiger partial charge in [0, 0.05) is 19.3 Å². The average Bonchev–Trinajstić information content (AvgIpc) is 3.00. The first-order valence-electron chi connectivity index (χ1n) is 5.24. The number of hydrogen-bond acceptors (Lipinski definition) is 2. The second-order valence-corrected chi connectivity index (χ2v) is 4.42. The van der Waals surface area contributed by atoms with Gasteiger partial charge >= 0.3 is 5.97 Å². The predicted molar refractivity (Wildman–Crippen MR) is 59.0 cm³/mol. The van der Waals surface area contributed by atoms with E-state index in [1.54, 1.807) is 12.1 Å². The van der Waals surface area contributed by atoms with Crippen molar-refractivity contribution < 1.29 is 14.3 Å². The standard InChI is InChI=1S/C12H14FNO2/c1-14(8-12(6-7-12)11(15)16)10-4-2-9(13)3-5-10/h2-5H,6-8H2,1H3,(H,15,16). The summed E-state index contributed by atoms with van der Waals surface area (Å²) in [5, 5.41) is 9.06. The molecule has 16 heavy (non-hydrogen) atoms. The molecule has 0 radical (unpaired) electrons. The Morgan fingerprint density at radius 3 is 2.44 bits per heavy atom. The highest BCUT2D eigenvalue weighted by atomic mass is 19.1. The molecule has 0 spiro atoms. The highest BCUT2D eigenvalue weighted by Gasteiger charge is 2.50. The molecular formula is C12H14FNO2. The Hall–Kier alpha value is -1.58. The molecule has 0 aliphatic heterocycles. The zero-order valence-corrected chi connectivity index (χ0v) is 9.11. The van der Waals surface area contributed by atoms with Crippen LogP contribution in [0.15, 0.2) is 24.3 Å². The van der Waals surface area contributed by atoms with E-state index < -0.39 is 11.4 Å². The van der Waals surface area contributed by atoms with Gasteiger partial charge in [0.1, 0.15) is 5.82 Å². The first-order chi connectivity index (χ1) is 7.53. The van der Waals surface area contributed by atoms with Crippen molar-refractivity contribution in [2.45, 2.75) is 12.8 Å². The Bertz CT molecular complexity index is 398. The molecule has 0 unspecified atom stereocenters. The topological polar surface area (TPSA) is 40.5 Å². The summed E-state index contributed by atoms with van der Waals surface area (Å²) in [5.41, 5.74) is 0.261.